The number of amides is 2. The van der Waals surface area contributed by atoms with E-state index in [2.05, 4.69) is 5.32 Å². The standard InChI is InChI=1S/C24H31FN2O4/c1-6-19(23(29)26-24(2,3)4)27(15-17-11-13-18(25)14-12-17)22(28)16-31-21-10-8-7-9-20(21)30-5/h7-14,19H,6,15-16H2,1-5H3,(H,26,29). The first-order valence-electron chi connectivity index (χ1n) is 10.3. The Kier molecular flexibility index (Phi) is 8.42. The topological polar surface area (TPSA) is 67.9 Å². The van der Waals surface area contributed by atoms with Crippen molar-refractivity contribution in [2.24, 2.45) is 0 Å². The van der Waals surface area contributed by atoms with Gasteiger partial charge < -0.3 is 19.7 Å². The highest BCUT2D eigenvalue weighted by molar-refractivity contribution is 5.88. The summed E-state index contributed by atoms with van der Waals surface area (Å²) < 4.78 is 24.3. The predicted octanol–water partition coefficient (Wildman–Crippen LogP) is 3.94. The first-order chi connectivity index (χ1) is 14.6. The van der Waals surface area contributed by atoms with E-state index in [0.717, 1.165) is 0 Å². The van der Waals surface area contributed by atoms with Crippen molar-refractivity contribution in [3.63, 3.8) is 0 Å². The molecule has 0 aliphatic carbocycles. The van der Waals surface area contributed by atoms with Crippen molar-refractivity contribution in [1.82, 2.24) is 10.2 Å². The van der Waals surface area contributed by atoms with Gasteiger partial charge in [0.2, 0.25) is 5.91 Å². The van der Waals surface area contributed by atoms with Gasteiger partial charge in [-0.05, 0) is 57.0 Å². The fourth-order valence-electron chi connectivity index (χ4n) is 3.12. The summed E-state index contributed by atoms with van der Waals surface area (Å²) in [4.78, 5) is 27.6. The van der Waals surface area contributed by atoms with Crippen molar-refractivity contribution < 1.29 is 23.5 Å². The number of hydrogen-bond acceptors (Lipinski definition) is 4. The zero-order chi connectivity index (χ0) is 23.0. The second kappa shape index (κ2) is 10.8. The van der Waals surface area contributed by atoms with Gasteiger partial charge in [0.25, 0.3) is 5.91 Å². The quantitative estimate of drug-likeness (QED) is 0.655. The van der Waals surface area contributed by atoms with E-state index in [-0.39, 0.29) is 30.8 Å². The third-order valence-electron chi connectivity index (χ3n) is 4.57. The van der Waals surface area contributed by atoms with Gasteiger partial charge in [0, 0.05) is 12.1 Å². The van der Waals surface area contributed by atoms with Gasteiger partial charge in [0.05, 0.1) is 7.11 Å². The molecule has 0 saturated carbocycles. The lowest BCUT2D eigenvalue weighted by atomic mass is 10.1. The molecule has 6 nitrogen and oxygen atoms in total. The lowest BCUT2D eigenvalue weighted by molar-refractivity contribution is -0.143. The Bertz CT molecular complexity index is 878. The average Bonchev–Trinajstić information content (AvgIpc) is 2.72. The van der Waals surface area contributed by atoms with E-state index in [1.54, 1.807) is 36.4 Å². The molecule has 0 radical (unpaired) electrons. The SMILES string of the molecule is CCC(C(=O)NC(C)(C)C)N(Cc1ccc(F)cc1)C(=O)COc1ccccc1OC. The number of ether oxygens (including phenoxy) is 2. The number of nitrogens with zero attached hydrogens (tertiary/aromatic N) is 1. The number of hydrogen-bond donors (Lipinski definition) is 1. The Morgan fingerprint density at radius 3 is 2.23 bits per heavy atom. The molecular formula is C24H31FN2O4. The number of benzene rings is 2. The fraction of sp³-hybridized carbons (Fsp3) is 0.417. The minimum atomic E-state index is -0.696. The molecule has 7 heteroatoms. The Balaban J connectivity index is 2.25. The summed E-state index contributed by atoms with van der Waals surface area (Å²) >= 11 is 0. The number of carbonyl (C=O) groups is 2. The Hall–Kier alpha value is -3.09. The highest BCUT2D eigenvalue weighted by atomic mass is 19.1. The summed E-state index contributed by atoms with van der Waals surface area (Å²) in [7, 11) is 1.52. The molecule has 0 fully saturated rings. The summed E-state index contributed by atoms with van der Waals surface area (Å²) in [6, 6.07) is 12.2. The average molecular weight is 431 g/mol. The van der Waals surface area contributed by atoms with Crippen LogP contribution in [-0.2, 0) is 16.1 Å². The molecule has 0 heterocycles. The monoisotopic (exact) mass is 430 g/mol. The summed E-state index contributed by atoms with van der Waals surface area (Å²) in [5.74, 6) is -0.0160. The van der Waals surface area contributed by atoms with Crippen LogP contribution in [0.5, 0.6) is 11.5 Å². The van der Waals surface area contributed by atoms with E-state index in [9.17, 15) is 14.0 Å². The minimum absolute atomic E-state index is 0.157. The van der Waals surface area contributed by atoms with Crippen LogP contribution < -0.4 is 14.8 Å². The van der Waals surface area contributed by atoms with Gasteiger partial charge in [-0.25, -0.2) is 4.39 Å². The predicted molar refractivity (Wildman–Crippen MR) is 117 cm³/mol. The molecule has 1 N–H and O–H groups in total. The first-order valence-corrected chi connectivity index (χ1v) is 10.3. The van der Waals surface area contributed by atoms with Crippen LogP contribution in [0.15, 0.2) is 48.5 Å². The molecule has 2 rings (SSSR count). The van der Waals surface area contributed by atoms with Crippen molar-refractivity contribution in [1.29, 1.82) is 0 Å². The second-order valence-corrected chi connectivity index (χ2v) is 8.25. The Morgan fingerprint density at radius 1 is 1.06 bits per heavy atom. The van der Waals surface area contributed by atoms with Gasteiger partial charge in [-0.15, -0.1) is 0 Å². The summed E-state index contributed by atoms with van der Waals surface area (Å²) in [5, 5.41) is 2.94. The van der Waals surface area contributed by atoms with Crippen molar-refractivity contribution in [2.75, 3.05) is 13.7 Å². The fourth-order valence-corrected chi connectivity index (χ4v) is 3.12. The van der Waals surface area contributed by atoms with Gasteiger partial charge in [0.1, 0.15) is 11.9 Å². The van der Waals surface area contributed by atoms with Crippen molar-refractivity contribution in [2.45, 2.75) is 52.2 Å². The van der Waals surface area contributed by atoms with Crippen LogP contribution in [0, 0.1) is 5.82 Å². The van der Waals surface area contributed by atoms with Crippen LogP contribution in [0.2, 0.25) is 0 Å². The van der Waals surface area contributed by atoms with Gasteiger partial charge in [0.15, 0.2) is 18.1 Å². The largest absolute Gasteiger partial charge is 0.493 e. The van der Waals surface area contributed by atoms with Gasteiger partial charge in [-0.1, -0.05) is 31.2 Å². The molecule has 0 saturated heterocycles. The second-order valence-electron chi connectivity index (χ2n) is 8.25. The molecule has 0 aliphatic rings. The molecule has 2 aromatic carbocycles. The number of rotatable bonds is 9. The molecule has 0 spiro atoms. The molecule has 168 valence electrons. The molecule has 0 bridgehead atoms. The Morgan fingerprint density at radius 2 is 1.68 bits per heavy atom. The van der Waals surface area contributed by atoms with E-state index in [1.807, 2.05) is 27.7 Å². The van der Waals surface area contributed by atoms with E-state index in [0.29, 0.717) is 23.5 Å². The van der Waals surface area contributed by atoms with Gasteiger partial charge >= 0.3 is 0 Å². The molecule has 31 heavy (non-hydrogen) atoms. The third kappa shape index (κ3) is 7.27. The molecule has 1 atom stereocenters. The maximum atomic E-state index is 13.3. The highest BCUT2D eigenvalue weighted by Gasteiger charge is 2.31. The van der Waals surface area contributed by atoms with Gasteiger partial charge in [-0.2, -0.15) is 0 Å². The van der Waals surface area contributed by atoms with Crippen LogP contribution in [0.3, 0.4) is 0 Å². The molecule has 1 unspecified atom stereocenters. The molecular weight excluding hydrogens is 399 g/mol. The zero-order valence-electron chi connectivity index (χ0n) is 18.8. The maximum absolute atomic E-state index is 13.3. The Labute approximate surface area is 183 Å². The lowest BCUT2D eigenvalue weighted by Gasteiger charge is -2.33. The third-order valence-corrected chi connectivity index (χ3v) is 4.57. The van der Waals surface area contributed by atoms with E-state index in [4.69, 9.17) is 9.47 Å². The number of nitrogens with one attached hydrogen (secondary N) is 1. The molecule has 2 amide bonds. The van der Waals surface area contributed by atoms with E-state index < -0.39 is 11.6 Å². The zero-order valence-corrected chi connectivity index (χ0v) is 18.8. The normalized spacial score (nSPS) is 12.1. The van der Waals surface area contributed by atoms with Crippen molar-refractivity contribution in [3.05, 3.63) is 59.9 Å². The summed E-state index contributed by atoms with van der Waals surface area (Å²) in [6.45, 7) is 7.39. The smallest absolute Gasteiger partial charge is 0.261 e. The molecule has 2 aromatic rings. The molecule has 0 aliphatic heterocycles. The highest BCUT2D eigenvalue weighted by Crippen LogP contribution is 2.26. The number of halogens is 1. The van der Waals surface area contributed by atoms with E-state index >= 15 is 0 Å². The van der Waals surface area contributed by atoms with Crippen molar-refractivity contribution >= 4 is 11.8 Å². The number of methoxy groups -OCH3 is 1. The van der Waals surface area contributed by atoms with E-state index in [1.165, 1.54) is 24.1 Å². The van der Waals surface area contributed by atoms with Crippen LogP contribution in [0.4, 0.5) is 4.39 Å². The summed E-state index contributed by atoms with van der Waals surface area (Å²) in [5.41, 5.74) is 0.275. The summed E-state index contributed by atoms with van der Waals surface area (Å²) in [6.07, 6.45) is 0.420. The maximum Gasteiger partial charge on any atom is 0.261 e. The van der Waals surface area contributed by atoms with Crippen molar-refractivity contribution in [3.8, 4) is 11.5 Å². The van der Waals surface area contributed by atoms with Crippen LogP contribution in [-0.4, -0.2) is 42.0 Å². The number of para-hydroxylation sites is 2. The van der Waals surface area contributed by atoms with Crippen LogP contribution in [0.25, 0.3) is 0 Å². The minimum Gasteiger partial charge on any atom is -0.493 e. The number of carbonyl (C=O) groups excluding carboxylic acids is 2. The molecule has 0 aromatic heterocycles. The van der Waals surface area contributed by atoms with Crippen LogP contribution >= 0.6 is 0 Å². The van der Waals surface area contributed by atoms with Crippen LogP contribution in [0.1, 0.15) is 39.7 Å². The van der Waals surface area contributed by atoms with Gasteiger partial charge in [-0.3, -0.25) is 9.59 Å². The lowest BCUT2D eigenvalue weighted by Crippen LogP contribution is -2.54. The first kappa shape index (κ1) is 24.2.